The molecule has 0 saturated heterocycles. The van der Waals surface area contributed by atoms with E-state index in [0.29, 0.717) is 18.7 Å². The van der Waals surface area contributed by atoms with Crippen LogP contribution in [0.1, 0.15) is 29.8 Å². The number of Topliss-reactive ketones (excluding diaryl/α,β-unsaturated/α-hetero) is 1. The van der Waals surface area contributed by atoms with E-state index < -0.39 is 10.0 Å². The van der Waals surface area contributed by atoms with Gasteiger partial charge in [0, 0.05) is 35.9 Å². The molecule has 160 valence electrons. The number of nitrogens with zero attached hydrogens (tertiary/aromatic N) is 1. The number of hydrogen-bond acceptors (Lipinski definition) is 5. The molecule has 3 aromatic rings. The van der Waals surface area contributed by atoms with Crippen LogP contribution in [0.5, 0.6) is 0 Å². The molecule has 0 fully saturated rings. The van der Waals surface area contributed by atoms with Crippen LogP contribution in [0.3, 0.4) is 0 Å². The Balaban J connectivity index is 0.00000320. The first-order valence-corrected chi connectivity index (χ1v) is 11.0. The molecule has 2 N–H and O–H groups in total. The molecule has 0 aliphatic heterocycles. The molecule has 2 aromatic carbocycles. The lowest BCUT2D eigenvalue weighted by molar-refractivity contribution is 0.101. The van der Waals surface area contributed by atoms with Gasteiger partial charge in [-0.05, 0) is 56.0 Å². The summed E-state index contributed by atoms with van der Waals surface area (Å²) in [5, 5.41) is 5.01. The Hall–Kier alpha value is -2.32. The van der Waals surface area contributed by atoms with E-state index in [-0.39, 0.29) is 29.1 Å². The number of pyridine rings is 1. The first-order valence-electron chi connectivity index (χ1n) is 9.52. The Labute approximate surface area is 183 Å². The zero-order chi connectivity index (χ0) is 20.9. The first-order chi connectivity index (χ1) is 13.8. The predicted octanol–water partition coefficient (Wildman–Crippen LogP) is 3.36. The van der Waals surface area contributed by atoms with Gasteiger partial charge in [-0.3, -0.25) is 9.78 Å². The number of rotatable bonds is 9. The molecule has 0 aliphatic rings. The van der Waals surface area contributed by atoms with E-state index in [2.05, 4.69) is 15.0 Å². The predicted molar refractivity (Wildman–Crippen MR) is 122 cm³/mol. The maximum Gasteiger partial charge on any atom is 0.240 e. The van der Waals surface area contributed by atoms with E-state index >= 15 is 0 Å². The second kappa shape index (κ2) is 10.6. The van der Waals surface area contributed by atoms with Crippen LogP contribution in [-0.4, -0.2) is 38.3 Å². The fraction of sp³-hybridized carbons (Fsp3) is 0.273. The maximum absolute atomic E-state index is 12.6. The highest BCUT2D eigenvalue weighted by molar-refractivity contribution is 7.89. The molecule has 1 atom stereocenters. The van der Waals surface area contributed by atoms with Crippen LogP contribution in [0.4, 0.5) is 0 Å². The fourth-order valence-electron chi connectivity index (χ4n) is 3.06. The monoisotopic (exact) mass is 447 g/mol. The van der Waals surface area contributed by atoms with Gasteiger partial charge in [0.15, 0.2) is 5.78 Å². The second-order valence-electron chi connectivity index (χ2n) is 7.11. The Bertz CT molecular complexity index is 1100. The summed E-state index contributed by atoms with van der Waals surface area (Å²) < 4.78 is 28.0. The van der Waals surface area contributed by atoms with Crippen molar-refractivity contribution in [3.63, 3.8) is 0 Å². The van der Waals surface area contributed by atoms with Crippen molar-refractivity contribution in [2.45, 2.75) is 31.2 Å². The number of halogens is 1. The van der Waals surface area contributed by atoms with Gasteiger partial charge in [-0.25, -0.2) is 13.1 Å². The van der Waals surface area contributed by atoms with Gasteiger partial charge in [0.05, 0.1) is 4.90 Å². The lowest BCUT2D eigenvalue weighted by Crippen LogP contribution is -2.40. The van der Waals surface area contributed by atoms with Gasteiger partial charge < -0.3 is 5.32 Å². The minimum absolute atomic E-state index is 0. The molecule has 0 spiro atoms. The van der Waals surface area contributed by atoms with Gasteiger partial charge >= 0.3 is 0 Å². The van der Waals surface area contributed by atoms with Crippen LogP contribution in [0.2, 0.25) is 0 Å². The molecule has 30 heavy (non-hydrogen) atoms. The zero-order valence-electron chi connectivity index (χ0n) is 17.0. The van der Waals surface area contributed by atoms with E-state index in [4.69, 9.17) is 0 Å². The van der Waals surface area contributed by atoms with Gasteiger partial charge in [-0.2, -0.15) is 0 Å². The average Bonchev–Trinajstić information content (AvgIpc) is 2.71. The molecule has 1 heterocycles. The second-order valence-corrected chi connectivity index (χ2v) is 8.83. The van der Waals surface area contributed by atoms with E-state index in [1.165, 1.54) is 0 Å². The standard InChI is InChI=1S/C22H25N3O3S.ClH/c1-16(14-23-11-9-18-3-5-19(6-4-18)17(2)26)25-29(27,28)22-8-7-21-15-24-12-10-20(21)13-22;/h3-8,10,12-13,15-16,23,25H,9,11,14H2,1-2H3;1H. The summed E-state index contributed by atoms with van der Waals surface area (Å²) in [5.41, 5.74) is 1.83. The van der Waals surface area contributed by atoms with E-state index in [1.807, 2.05) is 31.2 Å². The summed E-state index contributed by atoms with van der Waals surface area (Å²) in [6, 6.07) is 14.1. The Morgan fingerprint density at radius 1 is 1.07 bits per heavy atom. The van der Waals surface area contributed by atoms with Crippen LogP contribution >= 0.6 is 12.4 Å². The van der Waals surface area contributed by atoms with Crippen LogP contribution in [-0.2, 0) is 16.4 Å². The van der Waals surface area contributed by atoms with Gasteiger partial charge in [0.25, 0.3) is 0 Å². The molecule has 1 aromatic heterocycles. The highest BCUT2D eigenvalue weighted by Gasteiger charge is 2.17. The number of benzene rings is 2. The van der Waals surface area contributed by atoms with Gasteiger partial charge in [0.2, 0.25) is 10.0 Å². The van der Waals surface area contributed by atoms with Crippen LogP contribution in [0.15, 0.2) is 65.8 Å². The van der Waals surface area contributed by atoms with Crippen molar-refractivity contribution in [1.82, 2.24) is 15.0 Å². The molecule has 0 saturated carbocycles. The lowest BCUT2D eigenvalue weighted by atomic mass is 10.1. The molecular formula is C22H26ClN3O3S. The van der Waals surface area contributed by atoms with Gasteiger partial charge in [0.1, 0.15) is 0 Å². The largest absolute Gasteiger partial charge is 0.315 e. The minimum Gasteiger partial charge on any atom is -0.315 e. The Morgan fingerprint density at radius 2 is 1.80 bits per heavy atom. The molecule has 0 amide bonds. The topological polar surface area (TPSA) is 88.2 Å². The van der Waals surface area contributed by atoms with Crippen molar-refractivity contribution < 1.29 is 13.2 Å². The average molecular weight is 448 g/mol. The third-order valence-electron chi connectivity index (χ3n) is 4.68. The minimum atomic E-state index is -3.60. The molecule has 0 aliphatic carbocycles. The number of hydrogen-bond donors (Lipinski definition) is 2. The number of carbonyl (C=O) groups is 1. The number of sulfonamides is 1. The quantitative estimate of drug-likeness (QED) is 0.388. The van der Waals surface area contributed by atoms with Crippen molar-refractivity contribution >= 4 is 39.0 Å². The maximum atomic E-state index is 12.6. The number of ketones is 1. The van der Waals surface area contributed by atoms with E-state index in [1.54, 1.807) is 43.6 Å². The van der Waals surface area contributed by atoms with Crippen molar-refractivity contribution in [3.8, 4) is 0 Å². The van der Waals surface area contributed by atoms with Crippen molar-refractivity contribution in [3.05, 3.63) is 72.1 Å². The highest BCUT2D eigenvalue weighted by atomic mass is 35.5. The molecule has 8 heteroatoms. The van der Waals surface area contributed by atoms with Gasteiger partial charge in [-0.1, -0.05) is 30.3 Å². The first kappa shape index (κ1) is 24.0. The van der Waals surface area contributed by atoms with Gasteiger partial charge in [-0.15, -0.1) is 12.4 Å². The SMILES string of the molecule is CC(=O)c1ccc(CCNCC(C)NS(=O)(=O)c2ccc3cnccc3c2)cc1.Cl. The van der Waals surface area contributed by atoms with Crippen molar-refractivity contribution in [1.29, 1.82) is 0 Å². The van der Waals surface area contributed by atoms with Crippen molar-refractivity contribution in [2.75, 3.05) is 13.1 Å². The summed E-state index contributed by atoms with van der Waals surface area (Å²) in [6.45, 7) is 4.61. The molecule has 3 rings (SSSR count). The normalized spacial score (nSPS) is 12.3. The van der Waals surface area contributed by atoms with Crippen LogP contribution < -0.4 is 10.0 Å². The van der Waals surface area contributed by atoms with E-state index in [0.717, 1.165) is 22.8 Å². The summed E-state index contributed by atoms with van der Waals surface area (Å²) in [7, 11) is -3.60. The summed E-state index contributed by atoms with van der Waals surface area (Å²) in [6.07, 6.45) is 4.15. The van der Waals surface area contributed by atoms with Crippen LogP contribution in [0.25, 0.3) is 10.8 Å². The zero-order valence-corrected chi connectivity index (χ0v) is 18.6. The lowest BCUT2D eigenvalue weighted by Gasteiger charge is -2.15. The fourth-order valence-corrected chi connectivity index (χ4v) is 4.34. The van der Waals surface area contributed by atoms with E-state index in [9.17, 15) is 13.2 Å². The number of aromatic nitrogens is 1. The Kier molecular flexibility index (Phi) is 8.49. The molecule has 0 radical (unpaired) electrons. The number of fused-ring (bicyclic) bond motifs is 1. The molecular weight excluding hydrogens is 422 g/mol. The smallest absolute Gasteiger partial charge is 0.240 e. The molecule has 1 unspecified atom stereocenters. The number of nitrogens with one attached hydrogen (secondary N) is 2. The number of carbonyl (C=O) groups excluding carboxylic acids is 1. The summed E-state index contributed by atoms with van der Waals surface area (Å²) in [5.74, 6) is 0.0545. The summed E-state index contributed by atoms with van der Waals surface area (Å²) >= 11 is 0. The third-order valence-corrected chi connectivity index (χ3v) is 6.27. The van der Waals surface area contributed by atoms with Crippen LogP contribution in [0, 0.1) is 0 Å². The molecule has 6 nitrogen and oxygen atoms in total. The third kappa shape index (κ3) is 6.34. The summed E-state index contributed by atoms with van der Waals surface area (Å²) in [4.78, 5) is 15.6. The van der Waals surface area contributed by atoms with Crippen molar-refractivity contribution in [2.24, 2.45) is 0 Å². The molecule has 0 bridgehead atoms. The highest BCUT2D eigenvalue weighted by Crippen LogP contribution is 2.18. The Morgan fingerprint density at radius 3 is 2.50 bits per heavy atom.